The van der Waals surface area contributed by atoms with Crippen molar-refractivity contribution in [3.05, 3.63) is 63.6 Å². The molecule has 0 spiro atoms. The summed E-state index contributed by atoms with van der Waals surface area (Å²) in [7, 11) is 0. The van der Waals surface area contributed by atoms with Crippen LogP contribution in [0.5, 0.6) is 0 Å². The molecule has 2 aromatic rings. The second kappa shape index (κ2) is 9.41. The van der Waals surface area contributed by atoms with Gasteiger partial charge in [-0.2, -0.15) is 0 Å². The highest BCUT2D eigenvalue weighted by molar-refractivity contribution is 6.35. The van der Waals surface area contributed by atoms with Crippen LogP contribution in [0.3, 0.4) is 0 Å². The molecular formula is C21H23Cl2N3O2. The molecule has 0 saturated carbocycles. The Bertz CT molecular complexity index is 847. The van der Waals surface area contributed by atoms with Crippen molar-refractivity contribution in [2.75, 3.05) is 38.0 Å². The Morgan fingerprint density at radius 2 is 1.68 bits per heavy atom. The highest BCUT2D eigenvalue weighted by Crippen LogP contribution is 2.25. The van der Waals surface area contributed by atoms with Crippen LogP contribution in [0.25, 0.3) is 0 Å². The van der Waals surface area contributed by atoms with Gasteiger partial charge in [-0.05, 0) is 30.7 Å². The van der Waals surface area contributed by atoms with Crippen LogP contribution in [0.4, 0.5) is 5.69 Å². The molecule has 0 aromatic heterocycles. The topological polar surface area (TPSA) is 52.7 Å². The Kier molecular flexibility index (Phi) is 6.94. The molecule has 1 heterocycles. The van der Waals surface area contributed by atoms with Crippen molar-refractivity contribution < 1.29 is 9.59 Å². The number of nitrogens with one attached hydrogen (secondary N) is 1. The molecule has 3 rings (SSSR count). The van der Waals surface area contributed by atoms with Gasteiger partial charge in [-0.15, -0.1) is 0 Å². The first-order valence-corrected chi connectivity index (χ1v) is 9.97. The lowest BCUT2D eigenvalue weighted by Crippen LogP contribution is -2.50. The number of hydrogen-bond acceptors (Lipinski definition) is 3. The van der Waals surface area contributed by atoms with Gasteiger partial charge in [-0.25, -0.2) is 0 Å². The van der Waals surface area contributed by atoms with Crippen molar-refractivity contribution in [3.63, 3.8) is 0 Å². The Morgan fingerprint density at radius 3 is 2.36 bits per heavy atom. The average molecular weight is 420 g/mol. The number of anilines is 1. The van der Waals surface area contributed by atoms with Crippen molar-refractivity contribution >= 4 is 40.7 Å². The van der Waals surface area contributed by atoms with E-state index in [-0.39, 0.29) is 18.4 Å². The maximum atomic E-state index is 12.5. The fraction of sp³-hybridized carbons (Fsp3) is 0.333. The van der Waals surface area contributed by atoms with E-state index in [4.69, 9.17) is 23.2 Å². The summed E-state index contributed by atoms with van der Waals surface area (Å²) in [6.07, 6.45) is 0.411. The molecular weight excluding hydrogens is 397 g/mol. The van der Waals surface area contributed by atoms with E-state index < -0.39 is 0 Å². The molecule has 1 aliphatic heterocycles. The first kappa shape index (κ1) is 20.6. The molecule has 28 heavy (non-hydrogen) atoms. The molecule has 0 atom stereocenters. The maximum Gasteiger partial charge on any atom is 0.238 e. The van der Waals surface area contributed by atoms with Crippen LogP contribution < -0.4 is 5.32 Å². The molecule has 0 unspecified atom stereocenters. The number of amides is 2. The van der Waals surface area contributed by atoms with Crippen LogP contribution >= 0.6 is 23.2 Å². The average Bonchev–Trinajstić information content (AvgIpc) is 2.67. The van der Waals surface area contributed by atoms with Crippen molar-refractivity contribution in [1.29, 1.82) is 0 Å². The Hall–Kier alpha value is -2.08. The van der Waals surface area contributed by atoms with E-state index in [1.165, 1.54) is 5.56 Å². The van der Waals surface area contributed by atoms with E-state index >= 15 is 0 Å². The van der Waals surface area contributed by atoms with Crippen LogP contribution in [0, 0.1) is 6.92 Å². The van der Waals surface area contributed by atoms with E-state index in [1.54, 1.807) is 18.2 Å². The summed E-state index contributed by atoms with van der Waals surface area (Å²) < 4.78 is 0. The SMILES string of the molecule is Cc1ccc(CC(=O)N2CCN(CC(=O)Nc3cc(Cl)ccc3Cl)CC2)cc1. The zero-order valence-corrected chi connectivity index (χ0v) is 17.3. The summed E-state index contributed by atoms with van der Waals surface area (Å²) >= 11 is 12.0. The minimum absolute atomic E-state index is 0.124. The summed E-state index contributed by atoms with van der Waals surface area (Å²) in [5.74, 6) is -0.0257. The van der Waals surface area contributed by atoms with Crippen LogP contribution in [0.15, 0.2) is 42.5 Å². The smallest absolute Gasteiger partial charge is 0.238 e. The van der Waals surface area contributed by atoms with E-state index in [0.29, 0.717) is 48.3 Å². The Morgan fingerprint density at radius 1 is 1.00 bits per heavy atom. The van der Waals surface area contributed by atoms with E-state index in [9.17, 15) is 9.59 Å². The fourth-order valence-electron chi connectivity index (χ4n) is 3.13. The lowest BCUT2D eigenvalue weighted by molar-refractivity contribution is -0.132. The highest BCUT2D eigenvalue weighted by Gasteiger charge is 2.22. The van der Waals surface area contributed by atoms with Crippen LogP contribution in [0.2, 0.25) is 10.0 Å². The highest BCUT2D eigenvalue weighted by atomic mass is 35.5. The predicted molar refractivity (Wildman–Crippen MR) is 113 cm³/mol. The van der Waals surface area contributed by atoms with Gasteiger partial charge in [-0.1, -0.05) is 53.0 Å². The minimum Gasteiger partial charge on any atom is -0.340 e. The minimum atomic E-state index is -0.149. The monoisotopic (exact) mass is 419 g/mol. The van der Waals surface area contributed by atoms with Gasteiger partial charge < -0.3 is 10.2 Å². The summed E-state index contributed by atoms with van der Waals surface area (Å²) in [5.41, 5.74) is 2.71. The molecule has 1 saturated heterocycles. The lowest BCUT2D eigenvalue weighted by atomic mass is 10.1. The van der Waals surface area contributed by atoms with Crippen molar-refractivity contribution in [2.24, 2.45) is 0 Å². The molecule has 1 N–H and O–H groups in total. The quantitative estimate of drug-likeness (QED) is 0.804. The summed E-state index contributed by atoms with van der Waals surface area (Å²) in [6.45, 7) is 4.85. The predicted octanol–water partition coefficient (Wildman–Crippen LogP) is 3.63. The molecule has 0 radical (unpaired) electrons. The second-order valence-corrected chi connectivity index (χ2v) is 7.84. The van der Waals surface area contributed by atoms with Gasteiger partial charge in [0.05, 0.1) is 23.7 Å². The van der Waals surface area contributed by atoms with Crippen molar-refractivity contribution in [2.45, 2.75) is 13.3 Å². The molecule has 5 nitrogen and oxygen atoms in total. The Balaban J connectivity index is 1.45. The number of piperazine rings is 1. The van der Waals surface area contributed by atoms with E-state index in [2.05, 4.69) is 5.32 Å². The second-order valence-electron chi connectivity index (χ2n) is 6.99. The third-order valence-electron chi connectivity index (χ3n) is 4.77. The third kappa shape index (κ3) is 5.71. The number of benzene rings is 2. The van der Waals surface area contributed by atoms with Crippen molar-refractivity contribution in [1.82, 2.24) is 9.80 Å². The van der Waals surface area contributed by atoms with Crippen LogP contribution in [0.1, 0.15) is 11.1 Å². The fourth-order valence-corrected chi connectivity index (χ4v) is 3.47. The molecule has 0 bridgehead atoms. The third-order valence-corrected chi connectivity index (χ3v) is 5.34. The normalized spacial score (nSPS) is 14.8. The van der Waals surface area contributed by atoms with Gasteiger partial charge in [-0.3, -0.25) is 14.5 Å². The van der Waals surface area contributed by atoms with Gasteiger partial charge in [0.2, 0.25) is 11.8 Å². The van der Waals surface area contributed by atoms with Gasteiger partial charge in [0.1, 0.15) is 0 Å². The van der Waals surface area contributed by atoms with Crippen LogP contribution in [-0.4, -0.2) is 54.3 Å². The summed E-state index contributed by atoms with van der Waals surface area (Å²) in [5, 5.41) is 3.75. The number of hydrogen-bond donors (Lipinski definition) is 1. The molecule has 7 heteroatoms. The molecule has 148 valence electrons. The Labute approximate surface area is 175 Å². The maximum absolute atomic E-state index is 12.5. The zero-order chi connectivity index (χ0) is 20.1. The molecule has 2 amide bonds. The first-order valence-electron chi connectivity index (χ1n) is 9.21. The van der Waals surface area contributed by atoms with Gasteiger partial charge in [0, 0.05) is 31.2 Å². The molecule has 2 aromatic carbocycles. The van der Waals surface area contributed by atoms with Crippen LogP contribution in [-0.2, 0) is 16.0 Å². The number of nitrogens with zero attached hydrogens (tertiary/aromatic N) is 2. The number of aryl methyl sites for hydroxylation is 1. The largest absolute Gasteiger partial charge is 0.340 e. The van der Waals surface area contributed by atoms with E-state index in [0.717, 1.165) is 5.56 Å². The lowest BCUT2D eigenvalue weighted by Gasteiger charge is -2.34. The van der Waals surface area contributed by atoms with Gasteiger partial charge in [0.15, 0.2) is 0 Å². The van der Waals surface area contributed by atoms with Gasteiger partial charge in [0.25, 0.3) is 0 Å². The van der Waals surface area contributed by atoms with Gasteiger partial charge >= 0.3 is 0 Å². The summed E-state index contributed by atoms with van der Waals surface area (Å²) in [4.78, 5) is 28.7. The molecule has 0 aliphatic carbocycles. The van der Waals surface area contributed by atoms with E-state index in [1.807, 2.05) is 41.0 Å². The molecule has 1 fully saturated rings. The number of carbonyl (C=O) groups excluding carboxylic acids is 2. The number of rotatable bonds is 5. The zero-order valence-electron chi connectivity index (χ0n) is 15.8. The number of carbonyl (C=O) groups is 2. The number of halogens is 2. The standard InChI is InChI=1S/C21H23Cl2N3O2/c1-15-2-4-16(5-3-15)12-21(28)26-10-8-25(9-11-26)14-20(27)24-19-13-17(22)6-7-18(19)23/h2-7,13H,8-12,14H2,1H3,(H,24,27). The molecule has 1 aliphatic rings. The summed E-state index contributed by atoms with van der Waals surface area (Å²) in [6, 6.07) is 13.0. The van der Waals surface area contributed by atoms with Crippen molar-refractivity contribution in [3.8, 4) is 0 Å². The first-order chi connectivity index (χ1) is 13.4.